The predicted molar refractivity (Wildman–Crippen MR) is 150 cm³/mol. The van der Waals surface area contributed by atoms with Gasteiger partial charge in [0.15, 0.2) is 0 Å². The first kappa shape index (κ1) is 25.7. The Morgan fingerprint density at radius 1 is 1.18 bits per heavy atom. The molecule has 2 aromatic heterocycles. The number of aryl methyl sites for hydroxylation is 1. The van der Waals surface area contributed by atoms with E-state index in [1.165, 1.54) is 17.4 Å². The van der Waals surface area contributed by atoms with Gasteiger partial charge in [0.25, 0.3) is 5.91 Å². The molecule has 1 aliphatic heterocycles. The molecule has 1 aromatic carbocycles. The molecule has 0 saturated heterocycles. The van der Waals surface area contributed by atoms with Crippen LogP contribution in [0.25, 0.3) is 10.2 Å². The number of ether oxygens (including phenoxy) is 1. The summed E-state index contributed by atoms with van der Waals surface area (Å²) in [5, 5.41) is 9.71. The van der Waals surface area contributed by atoms with Crippen LogP contribution in [0.4, 0.5) is 21.9 Å². The van der Waals surface area contributed by atoms with E-state index >= 15 is 0 Å². The lowest BCUT2D eigenvalue weighted by Gasteiger charge is -2.32. The standard InChI is InChI=1S/C28H31N5O4S/c1-5-22(34)30-18-8-6-7-9-19(18)31-26(35)25-24-23-21(12-13-29-27(23)38-25)33(28(36)32-24)20-11-10-17(14-16(20)4)37-15(2)3/h5,10-15,18-19H,1,6-9H2,2-4H3,(H,30,34)(H,31,35)(H,32,36). The number of amides is 4. The summed E-state index contributed by atoms with van der Waals surface area (Å²) >= 11 is 1.24. The molecule has 1 saturated carbocycles. The Balaban J connectivity index is 1.47. The van der Waals surface area contributed by atoms with Gasteiger partial charge < -0.3 is 20.7 Å². The van der Waals surface area contributed by atoms with E-state index in [9.17, 15) is 14.4 Å². The van der Waals surface area contributed by atoms with E-state index in [0.717, 1.165) is 48.1 Å². The van der Waals surface area contributed by atoms with Gasteiger partial charge >= 0.3 is 6.03 Å². The van der Waals surface area contributed by atoms with Gasteiger partial charge in [-0.2, -0.15) is 0 Å². The van der Waals surface area contributed by atoms with Crippen LogP contribution in [0.2, 0.25) is 0 Å². The van der Waals surface area contributed by atoms with Gasteiger partial charge in [0, 0.05) is 18.3 Å². The minimum atomic E-state index is -0.355. The highest BCUT2D eigenvalue weighted by Crippen LogP contribution is 2.46. The van der Waals surface area contributed by atoms with E-state index in [1.807, 2.05) is 39.0 Å². The van der Waals surface area contributed by atoms with Gasteiger partial charge in [-0.05, 0) is 69.5 Å². The molecule has 9 nitrogen and oxygen atoms in total. The fourth-order valence-corrected chi connectivity index (χ4v) is 6.18. The second kappa shape index (κ2) is 10.4. The first-order chi connectivity index (χ1) is 18.3. The first-order valence-corrected chi connectivity index (χ1v) is 13.6. The van der Waals surface area contributed by atoms with Crippen LogP contribution in [0.15, 0.2) is 43.1 Å². The van der Waals surface area contributed by atoms with Gasteiger partial charge in [-0.3, -0.25) is 14.5 Å². The number of hydrogen-bond acceptors (Lipinski definition) is 6. The van der Waals surface area contributed by atoms with Gasteiger partial charge in [0.2, 0.25) is 5.91 Å². The third-order valence-corrected chi connectivity index (χ3v) is 7.93. The van der Waals surface area contributed by atoms with Crippen molar-refractivity contribution in [2.24, 2.45) is 0 Å². The third-order valence-electron chi connectivity index (χ3n) is 6.83. The Morgan fingerprint density at radius 3 is 2.61 bits per heavy atom. The van der Waals surface area contributed by atoms with Crippen molar-refractivity contribution in [2.45, 2.75) is 64.6 Å². The molecule has 2 atom stereocenters. The predicted octanol–water partition coefficient (Wildman–Crippen LogP) is 5.42. The van der Waals surface area contributed by atoms with Gasteiger partial charge in [-0.1, -0.05) is 19.4 Å². The molecule has 5 rings (SSSR count). The monoisotopic (exact) mass is 533 g/mol. The van der Waals surface area contributed by atoms with Crippen LogP contribution < -0.4 is 25.6 Å². The lowest BCUT2D eigenvalue weighted by molar-refractivity contribution is -0.117. The highest BCUT2D eigenvalue weighted by Gasteiger charge is 2.35. The number of nitrogens with zero attached hydrogens (tertiary/aromatic N) is 2. The number of benzene rings is 1. The van der Waals surface area contributed by atoms with Crippen LogP contribution in [0.3, 0.4) is 0 Å². The molecule has 3 N–H and O–H groups in total. The summed E-state index contributed by atoms with van der Waals surface area (Å²) in [7, 11) is 0. The molecule has 38 heavy (non-hydrogen) atoms. The van der Waals surface area contributed by atoms with E-state index in [-0.39, 0.29) is 36.0 Å². The summed E-state index contributed by atoms with van der Waals surface area (Å²) in [5.41, 5.74) is 2.73. The van der Waals surface area contributed by atoms with Crippen molar-refractivity contribution in [3.05, 3.63) is 53.6 Å². The molecule has 4 amide bonds. The molecular weight excluding hydrogens is 502 g/mol. The summed E-state index contributed by atoms with van der Waals surface area (Å²) in [4.78, 5) is 46.0. The summed E-state index contributed by atoms with van der Waals surface area (Å²) < 4.78 is 5.81. The Kier molecular flexibility index (Phi) is 7.07. The molecule has 0 spiro atoms. The van der Waals surface area contributed by atoms with Crippen molar-refractivity contribution >= 4 is 56.5 Å². The maximum absolute atomic E-state index is 13.5. The number of hydrogen-bond donors (Lipinski definition) is 3. The van der Waals surface area contributed by atoms with Crippen molar-refractivity contribution in [1.29, 1.82) is 0 Å². The lowest BCUT2D eigenvalue weighted by Crippen LogP contribution is -2.52. The highest BCUT2D eigenvalue weighted by molar-refractivity contribution is 7.21. The second-order valence-corrected chi connectivity index (χ2v) is 10.9. The summed E-state index contributed by atoms with van der Waals surface area (Å²) in [5.74, 6) is 0.186. The van der Waals surface area contributed by atoms with Crippen molar-refractivity contribution in [3.63, 3.8) is 0 Å². The van der Waals surface area contributed by atoms with E-state index in [4.69, 9.17) is 4.74 Å². The van der Waals surface area contributed by atoms with Crippen molar-refractivity contribution in [2.75, 3.05) is 10.2 Å². The zero-order chi connectivity index (χ0) is 27.0. The molecule has 3 aromatic rings. The fourth-order valence-electron chi connectivity index (χ4n) is 5.16. The molecular formula is C28H31N5O4S. The first-order valence-electron chi connectivity index (χ1n) is 12.8. The van der Waals surface area contributed by atoms with Crippen molar-refractivity contribution in [1.82, 2.24) is 15.6 Å². The van der Waals surface area contributed by atoms with Gasteiger partial charge in [0.05, 0.1) is 28.6 Å². The summed E-state index contributed by atoms with van der Waals surface area (Å²) in [6, 6.07) is 6.68. The minimum Gasteiger partial charge on any atom is -0.491 e. The number of nitrogens with one attached hydrogen (secondary N) is 3. The lowest BCUT2D eigenvalue weighted by atomic mass is 9.90. The number of carbonyl (C=O) groups is 3. The molecule has 0 radical (unpaired) electrons. The maximum Gasteiger partial charge on any atom is 0.331 e. The number of thiophene rings is 1. The van der Waals surface area contributed by atoms with E-state index in [1.54, 1.807) is 17.2 Å². The maximum atomic E-state index is 13.5. The van der Waals surface area contributed by atoms with E-state index < -0.39 is 0 Å². The molecule has 198 valence electrons. The zero-order valence-corrected chi connectivity index (χ0v) is 22.5. The number of anilines is 3. The SMILES string of the molecule is C=CC(=O)NC1CCCCC1NC(=O)c1sc2nccc3c2c1NC(=O)N3c1ccc(OC(C)C)cc1C. The molecule has 1 fully saturated rings. The number of pyridine rings is 1. The van der Waals surface area contributed by atoms with Crippen molar-refractivity contribution < 1.29 is 19.1 Å². The molecule has 2 unspecified atom stereocenters. The van der Waals surface area contributed by atoms with Gasteiger partial charge in [0.1, 0.15) is 15.5 Å². The molecule has 10 heteroatoms. The Bertz CT molecular complexity index is 1430. The van der Waals surface area contributed by atoms with E-state index in [0.29, 0.717) is 21.1 Å². The number of rotatable bonds is 7. The zero-order valence-electron chi connectivity index (χ0n) is 21.7. The average molecular weight is 534 g/mol. The van der Waals surface area contributed by atoms with Gasteiger partial charge in [-0.25, -0.2) is 9.78 Å². The molecule has 3 heterocycles. The molecule has 2 aliphatic rings. The van der Waals surface area contributed by atoms with Crippen LogP contribution in [0.1, 0.15) is 54.8 Å². The summed E-state index contributed by atoms with van der Waals surface area (Å²) in [6.07, 6.45) is 6.41. The van der Waals surface area contributed by atoms with Crippen LogP contribution in [-0.4, -0.2) is 41.0 Å². The topological polar surface area (TPSA) is 113 Å². The van der Waals surface area contributed by atoms with Crippen LogP contribution >= 0.6 is 11.3 Å². The van der Waals surface area contributed by atoms with Crippen molar-refractivity contribution in [3.8, 4) is 5.75 Å². The Hall–Kier alpha value is -3.92. The number of carbonyl (C=O) groups excluding carboxylic acids is 3. The van der Waals surface area contributed by atoms with Crippen LogP contribution in [0.5, 0.6) is 5.75 Å². The molecule has 0 bridgehead atoms. The third kappa shape index (κ3) is 4.83. The molecule has 1 aliphatic carbocycles. The van der Waals surface area contributed by atoms with E-state index in [2.05, 4.69) is 27.5 Å². The number of urea groups is 1. The minimum absolute atomic E-state index is 0.0402. The van der Waals surface area contributed by atoms with Crippen LogP contribution in [-0.2, 0) is 4.79 Å². The van der Waals surface area contributed by atoms with Crippen LogP contribution in [0, 0.1) is 6.92 Å². The normalized spacial score (nSPS) is 18.7. The summed E-state index contributed by atoms with van der Waals surface area (Å²) in [6.45, 7) is 9.38. The Morgan fingerprint density at radius 2 is 1.92 bits per heavy atom. The largest absolute Gasteiger partial charge is 0.491 e. The second-order valence-electron chi connectivity index (χ2n) is 9.88. The quantitative estimate of drug-likeness (QED) is 0.351. The smallest absolute Gasteiger partial charge is 0.331 e. The fraction of sp³-hybridized carbons (Fsp3) is 0.357. The van der Waals surface area contributed by atoms with Gasteiger partial charge in [-0.15, -0.1) is 11.3 Å². The highest BCUT2D eigenvalue weighted by atomic mass is 32.1. The average Bonchev–Trinajstić information content (AvgIpc) is 3.25. The Labute approximate surface area is 225 Å². The number of aromatic nitrogens is 1.